The minimum absolute atomic E-state index is 0.535. The van der Waals surface area contributed by atoms with Crippen LogP contribution in [0.25, 0.3) is 106 Å². The first-order valence-corrected chi connectivity index (χ1v) is 22.3. The van der Waals surface area contributed by atoms with Crippen molar-refractivity contribution in [2.45, 2.75) is 0 Å². The highest BCUT2D eigenvalue weighted by molar-refractivity contribution is 6.13. The van der Waals surface area contributed by atoms with E-state index >= 15 is 0 Å². The van der Waals surface area contributed by atoms with E-state index in [4.69, 9.17) is 9.97 Å². The maximum Gasteiger partial charge on any atom is 0.160 e. The lowest BCUT2D eigenvalue weighted by molar-refractivity contribution is 1.17. The maximum atomic E-state index is 9.95. The third kappa shape index (κ3) is 7.82. The van der Waals surface area contributed by atoms with Gasteiger partial charge in [-0.3, -0.25) is 0 Å². The monoisotopic (exact) mass is 877 g/mol. The summed E-state index contributed by atoms with van der Waals surface area (Å²) < 4.78 is 2.32. The van der Waals surface area contributed by atoms with Crippen LogP contribution in [-0.2, 0) is 0 Å². The standard InChI is InChI=1S/C62H35N7/c63-36-40-11-19-44(20-12-40)50-27-29-59-55(31-50)56-32-51(45-21-13-41(37-64)14-22-45)28-30-60(56)69(59)61-53(46-23-15-42(38-65)16-24-46)33-52(34-54(61)47-25-17-43(39-66)18-26-47)62-67-57(48-7-3-1-4-8-48)35-58(68-62)49-9-5-2-6-10-49/h1-35H. The molecule has 0 bridgehead atoms. The van der Waals surface area contributed by atoms with Crippen LogP contribution in [0.15, 0.2) is 212 Å². The van der Waals surface area contributed by atoms with Crippen molar-refractivity contribution in [3.8, 4) is 108 Å². The number of nitriles is 4. The molecule has 318 valence electrons. The molecule has 0 spiro atoms. The van der Waals surface area contributed by atoms with Crippen molar-refractivity contribution in [3.05, 3.63) is 235 Å². The fourth-order valence-electron chi connectivity index (χ4n) is 9.08. The lowest BCUT2D eigenvalue weighted by atomic mass is 9.91. The van der Waals surface area contributed by atoms with Gasteiger partial charge in [-0.15, -0.1) is 0 Å². The molecule has 0 radical (unpaired) electrons. The van der Waals surface area contributed by atoms with Crippen LogP contribution in [0.4, 0.5) is 0 Å². The van der Waals surface area contributed by atoms with E-state index in [9.17, 15) is 21.0 Å². The summed E-state index contributed by atoms with van der Waals surface area (Å²) in [5, 5.41) is 41.1. The van der Waals surface area contributed by atoms with Crippen LogP contribution in [0.2, 0.25) is 0 Å². The molecule has 11 aromatic rings. The van der Waals surface area contributed by atoms with E-state index in [1.54, 1.807) is 0 Å². The predicted molar refractivity (Wildman–Crippen MR) is 273 cm³/mol. The second-order valence-electron chi connectivity index (χ2n) is 16.7. The van der Waals surface area contributed by atoms with Crippen molar-refractivity contribution < 1.29 is 0 Å². The zero-order chi connectivity index (χ0) is 46.8. The number of hydrogen-bond acceptors (Lipinski definition) is 6. The molecule has 69 heavy (non-hydrogen) atoms. The van der Waals surface area contributed by atoms with E-state index in [0.29, 0.717) is 28.1 Å². The molecule has 0 amide bonds. The highest BCUT2D eigenvalue weighted by atomic mass is 15.0. The number of nitrogens with zero attached hydrogens (tertiary/aromatic N) is 7. The Balaban J connectivity index is 1.25. The van der Waals surface area contributed by atoms with Gasteiger partial charge in [-0.1, -0.05) is 121 Å². The molecule has 7 heteroatoms. The van der Waals surface area contributed by atoms with Gasteiger partial charge in [0.2, 0.25) is 0 Å². The molecule has 0 unspecified atom stereocenters. The van der Waals surface area contributed by atoms with Gasteiger partial charge in [-0.25, -0.2) is 9.97 Å². The van der Waals surface area contributed by atoms with Gasteiger partial charge in [-0.2, -0.15) is 21.0 Å². The van der Waals surface area contributed by atoms with E-state index in [1.807, 2.05) is 140 Å². The molecule has 0 atom stereocenters. The van der Waals surface area contributed by atoms with Gasteiger partial charge in [0.05, 0.1) is 74.6 Å². The quantitative estimate of drug-likeness (QED) is 0.150. The molecular formula is C62H35N7. The Morgan fingerprint density at radius 3 is 1.01 bits per heavy atom. The van der Waals surface area contributed by atoms with E-state index in [-0.39, 0.29) is 0 Å². The molecule has 2 heterocycles. The van der Waals surface area contributed by atoms with Gasteiger partial charge in [0.1, 0.15) is 0 Å². The van der Waals surface area contributed by atoms with Crippen LogP contribution in [0.3, 0.4) is 0 Å². The highest BCUT2D eigenvalue weighted by Crippen LogP contribution is 2.45. The summed E-state index contributed by atoms with van der Waals surface area (Å²) >= 11 is 0. The first kappa shape index (κ1) is 41.5. The molecule has 11 rings (SSSR count). The number of rotatable bonds is 8. The van der Waals surface area contributed by atoms with Crippen LogP contribution in [0, 0.1) is 45.3 Å². The number of benzene rings is 9. The molecule has 2 aromatic heterocycles. The third-order valence-electron chi connectivity index (χ3n) is 12.6. The first-order chi connectivity index (χ1) is 34.0. The Labute approximate surface area is 398 Å². The summed E-state index contributed by atoms with van der Waals surface area (Å²) in [6, 6.07) is 79.1. The van der Waals surface area contributed by atoms with Gasteiger partial charge in [0, 0.05) is 38.6 Å². The normalized spacial score (nSPS) is 10.8. The third-order valence-corrected chi connectivity index (χ3v) is 12.6. The first-order valence-electron chi connectivity index (χ1n) is 22.3. The second-order valence-corrected chi connectivity index (χ2v) is 16.7. The number of fused-ring (bicyclic) bond motifs is 3. The zero-order valence-electron chi connectivity index (χ0n) is 36.8. The van der Waals surface area contributed by atoms with Crippen LogP contribution >= 0.6 is 0 Å². The van der Waals surface area contributed by atoms with Crippen LogP contribution in [0.1, 0.15) is 22.3 Å². The van der Waals surface area contributed by atoms with E-state index in [1.165, 1.54) is 0 Å². The summed E-state index contributed by atoms with van der Waals surface area (Å²) in [5.74, 6) is 0.535. The Hall–Kier alpha value is -10.2. The second kappa shape index (κ2) is 17.7. The van der Waals surface area contributed by atoms with Gasteiger partial charge >= 0.3 is 0 Å². The van der Waals surface area contributed by atoms with Gasteiger partial charge in [0.15, 0.2) is 5.82 Å². The Morgan fingerprint density at radius 1 is 0.304 bits per heavy atom. The van der Waals surface area contributed by atoms with Crippen LogP contribution in [0.5, 0.6) is 0 Å². The predicted octanol–water partition coefficient (Wildman–Crippen LogP) is 14.7. The van der Waals surface area contributed by atoms with Gasteiger partial charge in [-0.05, 0) is 124 Å². The zero-order valence-corrected chi connectivity index (χ0v) is 36.8. The van der Waals surface area contributed by atoms with Crippen molar-refractivity contribution in [1.29, 1.82) is 21.0 Å². The fourth-order valence-corrected chi connectivity index (χ4v) is 9.08. The molecule has 0 fully saturated rings. The fraction of sp³-hybridized carbons (Fsp3) is 0. The van der Waals surface area contributed by atoms with E-state index in [2.05, 4.69) is 102 Å². The Kier molecular flexibility index (Phi) is 10.6. The van der Waals surface area contributed by atoms with E-state index < -0.39 is 0 Å². The van der Waals surface area contributed by atoms with Crippen molar-refractivity contribution >= 4 is 21.8 Å². The molecular weight excluding hydrogens is 843 g/mol. The summed E-state index contributed by atoms with van der Waals surface area (Å²) in [6.07, 6.45) is 0. The molecule has 7 nitrogen and oxygen atoms in total. The lowest BCUT2D eigenvalue weighted by Gasteiger charge is -2.21. The molecule has 0 saturated carbocycles. The smallest absolute Gasteiger partial charge is 0.160 e. The van der Waals surface area contributed by atoms with Crippen molar-refractivity contribution in [2.75, 3.05) is 0 Å². The summed E-state index contributed by atoms with van der Waals surface area (Å²) in [5.41, 5.74) is 16.7. The van der Waals surface area contributed by atoms with Crippen molar-refractivity contribution in [3.63, 3.8) is 0 Å². The minimum atomic E-state index is 0.535. The molecule has 0 aliphatic carbocycles. The number of aromatic nitrogens is 3. The van der Waals surface area contributed by atoms with Crippen LogP contribution < -0.4 is 0 Å². The summed E-state index contributed by atoms with van der Waals surface area (Å²) in [7, 11) is 0. The molecule has 0 saturated heterocycles. The average Bonchev–Trinajstić information content (AvgIpc) is 3.75. The van der Waals surface area contributed by atoms with Crippen LogP contribution in [-0.4, -0.2) is 14.5 Å². The highest BCUT2D eigenvalue weighted by Gasteiger charge is 2.24. The largest absolute Gasteiger partial charge is 0.308 e. The van der Waals surface area contributed by atoms with Crippen molar-refractivity contribution in [2.24, 2.45) is 0 Å². The molecule has 0 N–H and O–H groups in total. The van der Waals surface area contributed by atoms with E-state index in [0.717, 1.165) is 100 Å². The molecule has 0 aliphatic heterocycles. The molecule has 9 aromatic carbocycles. The SMILES string of the molecule is N#Cc1ccc(-c2ccc3c(c2)c2cc(-c4ccc(C#N)cc4)ccc2n3-c2c(-c3ccc(C#N)cc3)cc(-c3nc(-c4ccccc4)cc(-c4ccccc4)n3)cc2-c2ccc(C#N)cc2)cc1. The maximum absolute atomic E-state index is 9.95. The molecule has 0 aliphatic rings. The van der Waals surface area contributed by atoms with Gasteiger partial charge < -0.3 is 4.57 Å². The number of hydrogen-bond donors (Lipinski definition) is 0. The lowest BCUT2D eigenvalue weighted by Crippen LogP contribution is -2.03. The summed E-state index contributed by atoms with van der Waals surface area (Å²) in [4.78, 5) is 10.6. The average molecular weight is 878 g/mol. The minimum Gasteiger partial charge on any atom is -0.308 e. The Morgan fingerprint density at radius 2 is 0.652 bits per heavy atom. The van der Waals surface area contributed by atoms with Gasteiger partial charge in [0.25, 0.3) is 0 Å². The Bertz CT molecular complexity index is 3690. The topological polar surface area (TPSA) is 126 Å². The summed E-state index contributed by atoms with van der Waals surface area (Å²) in [6.45, 7) is 0. The van der Waals surface area contributed by atoms with Crippen molar-refractivity contribution in [1.82, 2.24) is 14.5 Å².